The van der Waals surface area contributed by atoms with E-state index in [2.05, 4.69) is 0 Å². The largest absolute Gasteiger partial charge is 1.00 e. The highest BCUT2D eigenvalue weighted by Gasteiger charge is 2.22. The molecule has 0 saturated carbocycles. The van der Waals surface area contributed by atoms with Crippen molar-refractivity contribution in [1.82, 2.24) is 4.57 Å². The zero-order valence-corrected chi connectivity index (χ0v) is 15.0. The minimum Gasteiger partial charge on any atom is -1.00 e. The Morgan fingerprint density at radius 3 is 2.71 bits per heavy atom. The van der Waals surface area contributed by atoms with Crippen LogP contribution < -0.4 is 31.9 Å². The smallest absolute Gasteiger partial charge is 0.257 e. The van der Waals surface area contributed by atoms with E-state index in [1.165, 1.54) is 25.3 Å². The Balaban J connectivity index is 0.00000288. The summed E-state index contributed by atoms with van der Waals surface area (Å²) in [4.78, 5) is 0. The molecule has 10 heteroatoms. The van der Waals surface area contributed by atoms with Crippen molar-refractivity contribution in [1.29, 1.82) is 0 Å². The first-order valence-corrected chi connectivity index (χ1v) is 8.61. The Kier molecular flexibility index (Phi) is 6.88. The number of halogens is 1. The van der Waals surface area contributed by atoms with Crippen LogP contribution in [0.25, 0.3) is 0 Å². The number of hydrogen-bond acceptors (Lipinski definition) is 5. The fourth-order valence-electron chi connectivity index (χ4n) is 2.13. The fourth-order valence-corrected chi connectivity index (χ4v) is 3.23. The molecule has 0 atom stereocenters. The van der Waals surface area contributed by atoms with E-state index >= 15 is 0 Å². The number of imidazole rings is 1. The Bertz CT molecular complexity index is 779. The number of ether oxygens (including phenoxy) is 1. The highest BCUT2D eigenvalue weighted by molar-refractivity contribution is 7.92. The van der Waals surface area contributed by atoms with Gasteiger partial charge in [-0.1, -0.05) is 0 Å². The van der Waals surface area contributed by atoms with Crippen LogP contribution in [0.1, 0.15) is 6.42 Å². The molecule has 24 heavy (non-hydrogen) atoms. The summed E-state index contributed by atoms with van der Waals surface area (Å²) in [5, 5.41) is 10.00. The van der Waals surface area contributed by atoms with Crippen molar-refractivity contribution < 1.29 is 35.3 Å². The maximum atomic E-state index is 12.2. The van der Waals surface area contributed by atoms with Crippen molar-refractivity contribution in [3.63, 3.8) is 0 Å². The average molecular weight is 377 g/mol. The molecule has 0 spiro atoms. The van der Waals surface area contributed by atoms with Gasteiger partial charge >= 0.3 is 0 Å². The molecule has 8 nitrogen and oxygen atoms in total. The summed E-state index contributed by atoms with van der Waals surface area (Å²) in [6.45, 7) is 0.541. The highest BCUT2D eigenvalue weighted by atomic mass is 35.5. The first-order valence-electron chi connectivity index (χ1n) is 7.00. The number of sulfonamides is 1. The molecule has 2 rings (SSSR count). The second kappa shape index (κ2) is 8.22. The van der Waals surface area contributed by atoms with Crippen molar-refractivity contribution in [2.45, 2.75) is 13.0 Å². The highest BCUT2D eigenvalue weighted by Crippen LogP contribution is 2.28. The van der Waals surface area contributed by atoms with Crippen LogP contribution in [0.15, 0.2) is 36.9 Å². The van der Waals surface area contributed by atoms with Crippen molar-refractivity contribution in [3.05, 3.63) is 36.9 Å². The van der Waals surface area contributed by atoms with E-state index in [9.17, 15) is 13.6 Å². The molecule has 0 aliphatic heterocycles. The summed E-state index contributed by atoms with van der Waals surface area (Å²) >= 11 is 0. The number of benzene rings is 1. The van der Waals surface area contributed by atoms with Crippen molar-refractivity contribution >= 4 is 21.4 Å². The molecule has 134 valence electrons. The molecule has 0 fully saturated rings. The maximum Gasteiger partial charge on any atom is 0.257 e. The Morgan fingerprint density at radius 1 is 1.42 bits per heavy atom. The number of methoxy groups -OCH3 is 1. The van der Waals surface area contributed by atoms with E-state index in [1.54, 1.807) is 0 Å². The minimum absolute atomic E-state index is 0. The van der Waals surface area contributed by atoms with Gasteiger partial charge in [0, 0.05) is 12.5 Å². The van der Waals surface area contributed by atoms with E-state index in [4.69, 9.17) is 10.5 Å². The normalized spacial score (nSPS) is 11.0. The third-order valence-corrected chi connectivity index (χ3v) is 4.89. The Morgan fingerprint density at radius 2 is 2.12 bits per heavy atom. The molecule has 0 amide bonds. The third-order valence-electron chi connectivity index (χ3n) is 3.34. The van der Waals surface area contributed by atoms with Gasteiger partial charge in [-0.2, -0.15) is 0 Å². The molecule has 3 N–H and O–H groups in total. The van der Waals surface area contributed by atoms with Crippen LogP contribution in [0.3, 0.4) is 0 Å². The molecular formula is C14H21ClN4O4S. The van der Waals surface area contributed by atoms with Gasteiger partial charge in [0.25, 0.3) is 10.0 Å². The zero-order valence-electron chi connectivity index (χ0n) is 13.5. The van der Waals surface area contributed by atoms with E-state index in [0.717, 1.165) is 0 Å². The van der Waals surface area contributed by atoms with Gasteiger partial charge in [-0.05, 0) is 12.1 Å². The fraction of sp³-hybridized carbons (Fsp3) is 0.357. The first kappa shape index (κ1) is 20.1. The summed E-state index contributed by atoms with van der Waals surface area (Å²) in [5.74, 6) is 0.120. The average Bonchev–Trinajstić information content (AvgIpc) is 2.92. The number of nitrogens with two attached hydrogens (primary N) is 1. The van der Waals surface area contributed by atoms with Crippen LogP contribution in [-0.2, 0) is 23.6 Å². The molecule has 2 aromatic rings. The quantitative estimate of drug-likeness (QED) is 0.316. The molecule has 0 aliphatic rings. The van der Waals surface area contributed by atoms with E-state index in [1.807, 2.05) is 34.9 Å². The number of rotatable bonds is 7. The van der Waals surface area contributed by atoms with Gasteiger partial charge in [0.1, 0.15) is 18.1 Å². The first-order chi connectivity index (χ1) is 10.8. The number of nitrogens with zero attached hydrogens (tertiary/aromatic N) is 3. The molecule has 1 aromatic carbocycles. The number of aryl methyl sites for hydroxylation is 2. The van der Waals surface area contributed by atoms with Gasteiger partial charge in [0.15, 0.2) is 0 Å². The van der Waals surface area contributed by atoms with Crippen LogP contribution in [0.5, 0.6) is 5.75 Å². The summed E-state index contributed by atoms with van der Waals surface area (Å²) in [6.07, 6.45) is 5.95. The summed E-state index contributed by atoms with van der Waals surface area (Å²) < 4.78 is 33.4. The molecule has 1 aromatic heterocycles. The van der Waals surface area contributed by atoms with E-state index in [-0.39, 0.29) is 28.3 Å². The van der Waals surface area contributed by atoms with Crippen molar-refractivity contribution in [2.75, 3.05) is 23.1 Å². The molecule has 0 radical (unpaired) electrons. The SMILES string of the molecule is COc1cc(N(O)S(=O)(=O)CCCn2cc[n+](C)c2)ccc1N.[Cl-]. The number of aromatic nitrogens is 2. The van der Waals surface area contributed by atoms with Gasteiger partial charge in [0.2, 0.25) is 6.33 Å². The molecular weight excluding hydrogens is 356 g/mol. The maximum absolute atomic E-state index is 12.2. The standard InChI is InChI=1S/C14H21N4O4S.ClH/c1-16-7-8-17(11-16)6-3-9-23(20,21)18(19)12-4-5-13(15)14(10-12)22-2;/h4-5,7-8,10-11,19H,3,6,9,15H2,1-2H3;1H/q+1;/p-1. The predicted molar refractivity (Wildman–Crippen MR) is 85.7 cm³/mol. The van der Waals surface area contributed by atoms with Crippen LogP contribution in [0, 0.1) is 0 Å². The van der Waals surface area contributed by atoms with E-state index < -0.39 is 10.0 Å². The predicted octanol–water partition coefficient (Wildman–Crippen LogP) is -2.48. The summed E-state index contributed by atoms with van der Waals surface area (Å²) in [6, 6.07) is 4.27. The van der Waals surface area contributed by atoms with Crippen molar-refractivity contribution in [2.24, 2.45) is 7.05 Å². The molecule has 0 aliphatic carbocycles. The summed E-state index contributed by atoms with van der Waals surface area (Å²) in [5.41, 5.74) is 6.13. The minimum atomic E-state index is -3.84. The van der Waals surface area contributed by atoms with Gasteiger partial charge in [-0.15, -0.1) is 4.47 Å². The number of hydrogen-bond donors (Lipinski definition) is 2. The van der Waals surface area contributed by atoms with Gasteiger partial charge < -0.3 is 22.9 Å². The number of nitrogen functional groups attached to an aromatic ring is 1. The topological polar surface area (TPSA) is 102 Å². The molecule has 0 saturated heterocycles. The third kappa shape index (κ3) is 4.76. The van der Waals surface area contributed by atoms with Gasteiger partial charge in [-0.25, -0.2) is 17.6 Å². The molecule has 0 unspecified atom stereocenters. The monoisotopic (exact) mass is 376 g/mol. The second-order valence-corrected chi connectivity index (χ2v) is 7.07. The Labute approximate surface area is 147 Å². The number of anilines is 2. The van der Waals surface area contributed by atoms with Crippen LogP contribution in [-0.4, -0.2) is 31.1 Å². The van der Waals surface area contributed by atoms with Gasteiger partial charge in [-0.3, -0.25) is 5.21 Å². The van der Waals surface area contributed by atoms with Crippen LogP contribution in [0.4, 0.5) is 11.4 Å². The summed E-state index contributed by atoms with van der Waals surface area (Å²) in [7, 11) is -0.537. The van der Waals surface area contributed by atoms with Crippen LogP contribution >= 0.6 is 0 Å². The lowest BCUT2D eigenvalue weighted by atomic mass is 10.2. The Hall–Kier alpha value is -1.97. The molecule has 1 heterocycles. The lowest BCUT2D eigenvalue weighted by molar-refractivity contribution is -0.671. The second-order valence-electron chi connectivity index (χ2n) is 5.16. The van der Waals surface area contributed by atoms with Crippen LogP contribution in [0.2, 0.25) is 0 Å². The zero-order chi connectivity index (χ0) is 17.0. The lowest BCUT2D eigenvalue weighted by Gasteiger charge is -2.18. The molecule has 0 bridgehead atoms. The van der Waals surface area contributed by atoms with Crippen molar-refractivity contribution in [3.8, 4) is 5.75 Å². The van der Waals surface area contributed by atoms with E-state index in [0.29, 0.717) is 24.4 Å². The lowest BCUT2D eigenvalue weighted by Crippen LogP contribution is -3.00. The van der Waals surface area contributed by atoms with Gasteiger partial charge in [0.05, 0.1) is 37.8 Å².